The van der Waals surface area contributed by atoms with Gasteiger partial charge in [0.25, 0.3) is 0 Å². The van der Waals surface area contributed by atoms with Crippen LogP contribution in [0.5, 0.6) is 5.75 Å². The molecule has 30 heavy (non-hydrogen) atoms. The lowest BCUT2D eigenvalue weighted by Crippen LogP contribution is -2.47. The molecule has 1 aliphatic heterocycles. The maximum Gasteiger partial charge on any atom is 0.203 e. The molecule has 0 N–H and O–H groups in total. The molecule has 1 saturated heterocycles. The van der Waals surface area contributed by atoms with Gasteiger partial charge in [-0.15, -0.1) is 0 Å². The third-order valence-corrected chi connectivity index (χ3v) is 6.36. The van der Waals surface area contributed by atoms with Crippen molar-refractivity contribution in [2.75, 3.05) is 38.2 Å². The molecule has 0 radical (unpaired) electrons. The van der Waals surface area contributed by atoms with E-state index in [1.54, 1.807) is 7.11 Å². The molecular weight excluding hydrogens is 394 g/mol. The topological polar surface area (TPSA) is 38.5 Å². The number of para-hydroxylation sites is 1. The molecule has 1 aliphatic carbocycles. The second-order valence-electron chi connectivity index (χ2n) is 8.03. The lowest BCUT2D eigenvalue weighted by Gasteiger charge is -2.35. The van der Waals surface area contributed by atoms with Crippen molar-refractivity contribution in [2.24, 2.45) is 0 Å². The van der Waals surface area contributed by atoms with Crippen LogP contribution in [0.15, 0.2) is 54.6 Å². The number of nitrogens with zero attached hydrogens (tertiary/aromatic N) is 5. The first-order valence-corrected chi connectivity index (χ1v) is 11.0. The lowest BCUT2D eigenvalue weighted by atomic mass is 10.2. The third kappa shape index (κ3) is 3.87. The molecule has 1 saturated carbocycles. The van der Waals surface area contributed by atoms with Crippen LogP contribution in [0.4, 0.5) is 5.69 Å². The Kier molecular flexibility index (Phi) is 5.31. The van der Waals surface area contributed by atoms with E-state index in [1.807, 2.05) is 22.9 Å². The zero-order valence-corrected chi connectivity index (χ0v) is 18.1. The maximum atomic E-state index is 5.85. The highest BCUT2D eigenvalue weighted by Gasteiger charge is 2.31. The van der Waals surface area contributed by atoms with Gasteiger partial charge in [-0.3, -0.25) is 9.47 Å². The monoisotopic (exact) mass is 421 g/mol. The second-order valence-corrected chi connectivity index (χ2v) is 8.40. The molecule has 156 valence electrons. The van der Waals surface area contributed by atoms with Gasteiger partial charge in [-0.25, -0.2) is 4.68 Å². The molecule has 0 amide bonds. The fraction of sp³-hybridized carbons (Fsp3) is 0.391. The summed E-state index contributed by atoms with van der Waals surface area (Å²) in [6.45, 7) is 4.72. The van der Waals surface area contributed by atoms with Crippen molar-refractivity contribution < 1.29 is 4.74 Å². The summed E-state index contributed by atoms with van der Waals surface area (Å²) in [5.74, 6) is 2.55. The minimum atomic E-state index is 0.542. The van der Waals surface area contributed by atoms with E-state index in [0.29, 0.717) is 5.92 Å². The predicted octanol–water partition coefficient (Wildman–Crippen LogP) is 4.07. The third-order valence-electron chi connectivity index (χ3n) is 5.97. The van der Waals surface area contributed by atoms with Crippen LogP contribution in [0, 0.1) is 4.77 Å². The Bertz CT molecular complexity index is 1050. The maximum absolute atomic E-state index is 5.85. The van der Waals surface area contributed by atoms with E-state index in [2.05, 4.69) is 50.8 Å². The van der Waals surface area contributed by atoms with Crippen LogP contribution in [0.2, 0.25) is 0 Å². The predicted molar refractivity (Wildman–Crippen MR) is 121 cm³/mol. The SMILES string of the molecule is COc1ccc(N2CCN(Cn3nc(C4CC4)n(-c4ccccc4)c3=S)CC2)cc1. The first-order chi connectivity index (χ1) is 14.7. The highest BCUT2D eigenvalue weighted by molar-refractivity contribution is 7.71. The fourth-order valence-corrected chi connectivity index (χ4v) is 4.37. The number of hydrogen-bond acceptors (Lipinski definition) is 5. The molecule has 1 aromatic heterocycles. The molecule has 3 aromatic rings. The van der Waals surface area contributed by atoms with Crippen molar-refractivity contribution in [2.45, 2.75) is 25.4 Å². The summed E-state index contributed by atoms with van der Waals surface area (Å²) >= 11 is 5.85. The normalized spacial score (nSPS) is 17.3. The van der Waals surface area contributed by atoms with Crippen LogP contribution in [0.25, 0.3) is 5.69 Å². The van der Waals surface area contributed by atoms with Crippen LogP contribution in [0.3, 0.4) is 0 Å². The number of aromatic nitrogens is 3. The Balaban J connectivity index is 1.29. The Hall–Kier alpha value is -2.64. The van der Waals surface area contributed by atoms with E-state index in [1.165, 1.54) is 18.5 Å². The summed E-state index contributed by atoms with van der Waals surface area (Å²) in [5, 5.41) is 4.94. The van der Waals surface area contributed by atoms with Crippen molar-refractivity contribution in [3.8, 4) is 11.4 Å². The summed E-state index contributed by atoms with van der Waals surface area (Å²) in [6, 6.07) is 18.7. The largest absolute Gasteiger partial charge is 0.497 e. The van der Waals surface area contributed by atoms with Gasteiger partial charge >= 0.3 is 0 Å². The van der Waals surface area contributed by atoms with Crippen LogP contribution in [0.1, 0.15) is 24.6 Å². The Morgan fingerprint density at radius 2 is 1.63 bits per heavy atom. The van der Waals surface area contributed by atoms with Gasteiger partial charge < -0.3 is 9.64 Å². The van der Waals surface area contributed by atoms with E-state index in [-0.39, 0.29) is 0 Å². The van der Waals surface area contributed by atoms with Crippen molar-refractivity contribution in [3.05, 3.63) is 65.2 Å². The fourth-order valence-electron chi connectivity index (χ4n) is 4.07. The first kappa shape index (κ1) is 19.3. The van der Waals surface area contributed by atoms with Gasteiger partial charge in [-0.2, -0.15) is 5.10 Å². The molecule has 2 fully saturated rings. The summed E-state index contributed by atoms with van der Waals surface area (Å²) in [7, 11) is 1.70. The smallest absolute Gasteiger partial charge is 0.203 e. The number of rotatable bonds is 6. The minimum absolute atomic E-state index is 0.542. The van der Waals surface area contributed by atoms with E-state index in [9.17, 15) is 0 Å². The number of methoxy groups -OCH3 is 1. The van der Waals surface area contributed by atoms with Crippen LogP contribution < -0.4 is 9.64 Å². The number of anilines is 1. The second kappa shape index (κ2) is 8.24. The standard InChI is InChI=1S/C23H27N5OS/c1-29-21-11-9-19(10-12-21)26-15-13-25(14-16-26)17-27-23(30)28(20-5-3-2-4-6-20)22(24-27)18-7-8-18/h2-6,9-12,18H,7-8,13-17H2,1H3. The molecule has 6 nitrogen and oxygen atoms in total. The average molecular weight is 422 g/mol. The Morgan fingerprint density at radius 1 is 0.933 bits per heavy atom. The zero-order chi connectivity index (χ0) is 20.5. The number of hydrogen-bond donors (Lipinski definition) is 0. The van der Waals surface area contributed by atoms with E-state index in [0.717, 1.165) is 54.9 Å². The van der Waals surface area contributed by atoms with E-state index in [4.69, 9.17) is 22.1 Å². The van der Waals surface area contributed by atoms with Crippen LogP contribution >= 0.6 is 12.2 Å². The van der Waals surface area contributed by atoms with Gasteiger partial charge in [-0.05, 0) is 61.5 Å². The molecule has 0 bridgehead atoms. The molecule has 2 heterocycles. The number of piperazine rings is 1. The van der Waals surface area contributed by atoms with Crippen LogP contribution in [-0.2, 0) is 6.67 Å². The molecule has 2 aromatic carbocycles. The summed E-state index contributed by atoms with van der Waals surface area (Å²) in [6.07, 6.45) is 2.41. The molecule has 0 atom stereocenters. The summed E-state index contributed by atoms with van der Waals surface area (Å²) in [4.78, 5) is 4.86. The zero-order valence-electron chi connectivity index (χ0n) is 17.3. The van der Waals surface area contributed by atoms with Crippen molar-refractivity contribution in [1.29, 1.82) is 0 Å². The minimum Gasteiger partial charge on any atom is -0.497 e. The summed E-state index contributed by atoms with van der Waals surface area (Å²) in [5.41, 5.74) is 2.36. The first-order valence-electron chi connectivity index (χ1n) is 10.6. The van der Waals surface area contributed by atoms with Gasteiger partial charge in [0, 0.05) is 43.5 Å². The van der Waals surface area contributed by atoms with Crippen LogP contribution in [-0.4, -0.2) is 52.5 Å². The highest BCUT2D eigenvalue weighted by atomic mass is 32.1. The number of ether oxygens (including phenoxy) is 1. The van der Waals surface area contributed by atoms with Gasteiger partial charge in [0.05, 0.1) is 13.8 Å². The van der Waals surface area contributed by atoms with E-state index < -0.39 is 0 Å². The molecule has 0 spiro atoms. The number of benzene rings is 2. The van der Waals surface area contributed by atoms with E-state index >= 15 is 0 Å². The highest BCUT2D eigenvalue weighted by Crippen LogP contribution is 2.40. The van der Waals surface area contributed by atoms with Crippen molar-refractivity contribution in [1.82, 2.24) is 19.2 Å². The van der Waals surface area contributed by atoms with Gasteiger partial charge in [0.15, 0.2) is 0 Å². The van der Waals surface area contributed by atoms with Crippen molar-refractivity contribution >= 4 is 17.9 Å². The molecule has 5 rings (SSSR count). The molecule has 0 unspecified atom stereocenters. The Labute approximate surface area is 182 Å². The lowest BCUT2D eigenvalue weighted by molar-refractivity contribution is 0.194. The molecular formula is C23H27N5OS. The molecule has 2 aliphatic rings. The Morgan fingerprint density at radius 3 is 2.27 bits per heavy atom. The van der Waals surface area contributed by atoms with Crippen molar-refractivity contribution in [3.63, 3.8) is 0 Å². The van der Waals surface area contributed by atoms with Gasteiger partial charge in [-0.1, -0.05) is 18.2 Å². The quantitative estimate of drug-likeness (QED) is 0.561. The average Bonchev–Trinajstić information content (AvgIpc) is 3.60. The summed E-state index contributed by atoms with van der Waals surface area (Å²) < 4.78 is 10.2. The van der Waals surface area contributed by atoms with Gasteiger partial charge in [0.2, 0.25) is 4.77 Å². The molecule has 7 heteroatoms. The van der Waals surface area contributed by atoms with Gasteiger partial charge in [0.1, 0.15) is 11.6 Å².